The average molecular weight is 296 g/mol. The van der Waals surface area contributed by atoms with Gasteiger partial charge >= 0.3 is 0 Å². The third-order valence-electron chi connectivity index (χ3n) is 3.67. The van der Waals surface area contributed by atoms with Crippen LogP contribution in [0.25, 0.3) is 0 Å². The fourth-order valence-electron chi connectivity index (χ4n) is 2.82. The molecule has 0 aromatic carbocycles. The minimum Gasteiger partial charge on any atom is -0.261 e. The summed E-state index contributed by atoms with van der Waals surface area (Å²) in [6.45, 7) is 11.4. The van der Waals surface area contributed by atoms with Crippen molar-refractivity contribution >= 4 is 0 Å². The first-order chi connectivity index (χ1) is 10.2. The standard InChI is InChI=1S/C20H28N2/c1-19(2,3)12-16-9-10-18(22-15-16)14-20(4,5)13-17-8-6-7-11-21-17/h6-11,15H,12-14H2,1-5H3. The molecule has 2 aromatic heterocycles. The first-order valence-electron chi connectivity index (χ1n) is 8.07. The number of rotatable bonds is 5. The lowest BCUT2D eigenvalue weighted by Crippen LogP contribution is -2.20. The van der Waals surface area contributed by atoms with Gasteiger partial charge in [0, 0.05) is 23.8 Å². The van der Waals surface area contributed by atoms with E-state index in [4.69, 9.17) is 0 Å². The van der Waals surface area contributed by atoms with Crippen molar-refractivity contribution in [1.82, 2.24) is 9.97 Å². The molecule has 0 saturated heterocycles. The van der Waals surface area contributed by atoms with Gasteiger partial charge in [0.25, 0.3) is 0 Å². The normalized spacial score (nSPS) is 12.4. The van der Waals surface area contributed by atoms with E-state index in [1.165, 1.54) is 11.3 Å². The zero-order chi connectivity index (χ0) is 16.2. The zero-order valence-corrected chi connectivity index (χ0v) is 14.6. The maximum absolute atomic E-state index is 4.67. The summed E-state index contributed by atoms with van der Waals surface area (Å²) < 4.78 is 0. The predicted molar refractivity (Wildman–Crippen MR) is 92.8 cm³/mol. The Hall–Kier alpha value is -1.70. The summed E-state index contributed by atoms with van der Waals surface area (Å²) in [6.07, 6.45) is 6.92. The topological polar surface area (TPSA) is 25.8 Å². The van der Waals surface area contributed by atoms with E-state index in [0.29, 0.717) is 5.41 Å². The van der Waals surface area contributed by atoms with Gasteiger partial charge in [-0.2, -0.15) is 0 Å². The van der Waals surface area contributed by atoms with E-state index >= 15 is 0 Å². The summed E-state index contributed by atoms with van der Waals surface area (Å²) >= 11 is 0. The number of aromatic nitrogens is 2. The molecule has 0 N–H and O–H groups in total. The molecule has 0 aliphatic heterocycles. The second-order valence-electron chi connectivity index (χ2n) is 8.23. The third kappa shape index (κ3) is 5.59. The fourth-order valence-corrected chi connectivity index (χ4v) is 2.82. The van der Waals surface area contributed by atoms with Crippen molar-refractivity contribution < 1.29 is 0 Å². The Morgan fingerprint density at radius 2 is 1.45 bits per heavy atom. The molecule has 0 bridgehead atoms. The van der Waals surface area contributed by atoms with Crippen LogP contribution < -0.4 is 0 Å². The van der Waals surface area contributed by atoms with Crippen LogP contribution in [0.2, 0.25) is 0 Å². The van der Waals surface area contributed by atoms with E-state index in [1.807, 2.05) is 18.5 Å². The van der Waals surface area contributed by atoms with Crippen molar-refractivity contribution in [2.75, 3.05) is 0 Å². The number of pyridine rings is 2. The van der Waals surface area contributed by atoms with Gasteiger partial charge in [-0.3, -0.25) is 9.97 Å². The van der Waals surface area contributed by atoms with E-state index < -0.39 is 0 Å². The SMILES string of the molecule is CC(C)(C)Cc1ccc(CC(C)(C)Cc2ccccn2)nc1. The molecule has 2 heterocycles. The van der Waals surface area contributed by atoms with Gasteiger partial charge in [-0.05, 0) is 53.9 Å². The summed E-state index contributed by atoms with van der Waals surface area (Å²) in [5.74, 6) is 0. The van der Waals surface area contributed by atoms with Crippen LogP contribution in [-0.4, -0.2) is 9.97 Å². The van der Waals surface area contributed by atoms with Gasteiger partial charge in [-0.1, -0.05) is 46.8 Å². The van der Waals surface area contributed by atoms with Gasteiger partial charge in [0.1, 0.15) is 0 Å². The summed E-state index contributed by atoms with van der Waals surface area (Å²) in [6, 6.07) is 10.5. The van der Waals surface area contributed by atoms with Gasteiger partial charge < -0.3 is 0 Å². The molecular formula is C20H28N2. The molecule has 0 aliphatic rings. The monoisotopic (exact) mass is 296 g/mol. The second-order valence-corrected chi connectivity index (χ2v) is 8.23. The summed E-state index contributed by atoms with van der Waals surface area (Å²) in [4.78, 5) is 9.11. The van der Waals surface area contributed by atoms with Gasteiger partial charge in [-0.25, -0.2) is 0 Å². The molecule has 22 heavy (non-hydrogen) atoms. The van der Waals surface area contributed by atoms with Crippen LogP contribution in [0.15, 0.2) is 42.7 Å². The maximum Gasteiger partial charge on any atom is 0.0409 e. The van der Waals surface area contributed by atoms with E-state index in [-0.39, 0.29) is 5.41 Å². The Balaban J connectivity index is 2.00. The molecule has 0 saturated carbocycles. The van der Waals surface area contributed by atoms with Crippen LogP contribution in [0.4, 0.5) is 0 Å². The molecule has 0 spiro atoms. The molecular weight excluding hydrogens is 268 g/mol. The minimum absolute atomic E-state index is 0.160. The molecule has 0 unspecified atom stereocenters. The first kappa shape index (κ1) is 16.7. The average Bonchev–Trinajstić information content (AvgIpc) is 2.39. The van der Waals surface area contributed by atoms with E-state index in [1.54, 1.807) is 0 Å². The third-order valence-corrected chi connectivity index (χ3v) is 3.67. The van der Waals surface area contributed by atoms with Crippen molar-refractivity contribution in [3.63, 3.8) is 0 Å². The number of nitrogens with zero attached hydrogens (tertiary/aromatic N) is 2. The molecule has 0 amide bonds. The summed E-state index contributed by atoms with van der Waals surface area (Å²) in [5.41, 5.74) is 4.10. The van der Waals surface area contributed by atoms with Crippen LogP contribution in [0, 0.1) is 10.8 Å². The highest BCUT2D eigenvalue weighted by molar-refractivity contribution is 5.17. The van der Waals surface area contributed by atoms with Crippen molar-refractivity contribution in [2.24, 2.45) is 10.8 Å². The quantitative estimate of drug-likeness (QED) is 0.786. The van der Waals surface area contributed by atoms with Gasteiger partial charge in [0.05, 0.1) is 0 Å². The molecule has 0 radical (unpaired) electrons. The van der Waals surface area contributed by atoms with Crippen LogP contribution >= 0.6 is 0 Å². The molecule has 118 valence electrons. The lowest BCUT2D eigenvalue weighted by atomic mass is 9.82. The van der Waals surface area contributed by atoms with E-state index in [9.17, 15) is 0 Å². The Morgan fingerprint density at radius 3 is 1.95 bits per heavy atom. The molecule has 0 fully saturated rings. The van der Waals surface area contributed by atoms with Gasteiger partial charge in [0.2, 0.25) is 0 Å². The van der Waals surface area contributed by atoms with Crippen LogP contribution in [0.3, 0.4) is 0 Å². The Bertz CT molecular complexity index is 577. The Morgan fingerprint density at radius 1 is 0.773 bits per heavy atom. The molecule has 2 aromatic rings. The first-order valence-corrected chi connectivity index (χ1v) is 8.07. The smallest absolute Gasteiger partial charge is 0.0409 e. The van der Waals surface area contributed by atoms with Crippen molar-refractivity contribution in [3.05, 3.63) is 59.7 Å². The largest absolute Gasteiger partial charge is 0.261 e. The molecule has 2 rings (SSSR count). The highest BCUT2D eigenvalue weighted by Crippen LogP contribution is 2.26. The lowest BCUT2D eigenvalue weighted by molar-refractivity contribution is 0.353. The highest BCUT2D eigenvalue weighted by Gasteiger charge is 2.20. The predicted octanol–water partition coefficient (Wildman–Crippen LogP) is 4.88. The molecule has 0 aliphatic carbocycles. The summed E-state index contributed by atoms with van der Waals surface area (Å²) in [5, 5.41) is 0. The van der Waals surface area contributed by atoms with Crippen molar-refractivity contribution in [2.45, 2.75) is 53.9 Å². The maximum atomic E-state index is 4.67. The molecule has 2 nitrogen and oxygen atoms in total. The van der Waals surface area contributed by atoms with E-state index in [2.05, 4.69) is 68.9 Å². The molecule has 0 atom stereocenters. The Kier molecular flexibility index (Phi) is 5.00. The van der Waals surface area contributed by atoms with Gasteiger partial charge in [0.15, 0.2) is 0 Å². The number of hydrogen-bond donors (Lipinski definition) is 0. The van der Waals surface area contributed by atoms with E-state index in [0.717, 1.165) is 25.0 Å². The van der Waals surface area contributed by atoms with Crippen LogP contribution in [0.5, 0.6) is 0 Å². The lowest BCUT2D eigenvalue weighted by Gasteiger charge is -2.24. The number of hydrogen-bond acceptors (Lipinski definition) is 2. The Labute approximate surface area is 135 Å². The van der Waals surface area contributed by atoms with Crippen molar-refractivity contribution in [1.29, 1.82) is 0 Å². The second kappa shape index (κ2) is 6.60. The fraction of sp³-hybridized carbons (Fsp3) is 0.500. The molecule has 2 heteroatoms. The minimum atomic E-state index is 0.160. The van der Waals surface area contributed by atoms with Crippen LogP contribution in [-0.2, 0) is 19.3 Å². The van der Waals surface area contributed by atoms with Crippen LogP contribution in [0.1, 0.15) is 51.6 Å². The summed E-state index contributed by atoms with van der Waals surface area (Å²) in [7, 11) is 0. The van der Waals surface area contributed by atoms with Gasteiger partial charge in [-0.15, -0.1) is 0 Å². The zero-order valence-electron chi connectivity index (χ0n) is 14.6. The highest BCUT2D eigenvalue weighted by atomic mass is 14.7. The van der Waals surface area contributed by atoms with Crippen molar-refractivity contribution in [3.8, 4) is 0 Å².